The Morgan fingerprint density at radius 3 is 2.55 bits per heavy atom. The largest absolute Gasteiger partial charge is 0.494 e. The third kappa shape index (κ3) is 4.15. The molecule has 0 heterocycles. The molecule has 0 bridgehead atoms. The molecule has 2 rings (SSSR count). The number of carbonyl (C=O) groups excluding carboxylic acids is 1. The number of ether oxygens (including phenoxy) is 1. The number of nitrogens with one attached hydrogen (secondary N) is 2. The fraction of sp³-hybridized carbons (Fsp3) is 0.562. The van der Waals surface area contributed by atoms with E-state index in [1.807, 2.05) is 38.1 Å². The molecule has 1 aromatic carbocycles. The van der Waals surface area contributed by atoms with E-state index in [4.69, 9.17) is 4.74 Å². The van der Waals surface area contributed by atoms with Gasteiger partial charge in [0.05, 0.1) is 6.61 Å². The van der Waals surface area contributed by atoms with E-state index >= 15 is 0 Å². The second-order valence-corrected chi connectivity index (χ2v) is 5.31. The maximum Gasteiger partial charge on any atom is 0.242 e. The van der Waals surface area contributed by atoms with Gasteiger partial charge in [-0.25, -0.2) is 0 Å². The number of hydrogen-bond donors (Lipinski definition) is 2. The maximum absolute atomic E-state index is 12.1. The zero-order chi connectivity index (χ0) is 14.4. The standard InChI is InChI=1S/C16H24N2O2/c1-3-20-15-10-8-14(9-11-15)17-12(2)16(19)18-13-6-4-5-7-13/h8-13,17H,3-7H2,1-2H3,(H,18,19)/t12-/m1/s1. The van der Waals surface area contributed by atoms with Crippen LogP contribution < -0.4 is 15.4 Å². The van der Waals surface area contributed by atoms with Gasteiger partial charge in [-0.05, 0) is 51.0 Å². The van der Waals surface area contributed by atoms with Crippen molar-refractivity contribution < 1.29 is 9.53 Å². The third-order valence-electron chi connectivity index (χ3n) is 3.64. The van der Waals surface area contributed by atoms with Crippen molar-refractivity contribution in [3.8, 4) is 5.75 Å². The van der Waals surface area contributed by atoms with Crippen molar-refractivity contribution in [1.29, 1.82) is 0 Å². The van der Waals surface area contributed by atoms with E-state index in [2.05, 4.69) is 10.6 Å². The molecular weight excluding hydrogens is 252 g/mol. The number of anilines is 1. The zero-order valence-electron chi connectivity index (χ0n) is 12.3. The van der Waals surface area contributed by atoms with Gasteiger partial charge >= 0.3 is 0 Å². The summed E-state index contributed by atoms with van der Waals surface area (Å²) >= 11 is 0. The molecule has 0 radical (unpaired) electrons. The molecule has 1 aliphatic rings. The van der Waals surface area contributed by atoms with E-state index in [9.17, 15) is 4.79 Å². The van der Waals surface area contributed by atoms with Crippen LogP contribution in [0, 0.1) is 0 Å². The smallest absolute Gasteiger partial charge is 0.242 e. The molecule has 1 aliphatic carbocycles. The van der Waals surface area contributed by atoms with Crippen molar-refractivity contribution in [2.75, 3.05) is 11.9 Å². The van der Waals surface area contributed by atoms with Crippen LogP contribution in [-0.4, -0.2) is 24.6 Å². The maximum atomic E-state index is 12.1. The summed E-state index contributed by atoms with van der Waals surface area (Å²) in [5, 5.41) is 6.32. The van der Waals surface area contributed by atoms with Crippen LogP contribution in [0.3, 0.4) is 0 Å². The second-order valence-electron chi connectivity index (χ2n) is 5.31. The summed E-state index contributed by atoms with van der Waals surface area (Å²) in [6.45, 7) is 4.51. The lowest BCUT2D eigenvalue weighted by atomic mass is 10.2. The summed E-state index contributed by atoms with van der Waals surface area (Å²) in [6, 6.07) is 7.83. The summed E-state index contributed by atoms with van der Waals surface area (Å²) in [6.07, 6.45) is 4.68. The lowest BCUT2D eigenvalue weighted by Gasteiger charge is -2.18. The topological polar surface area (TPSA) is 50.4 Å². The molecule has 1 amide bonds. The first-order chi connectivity index (χ1) is 9.69. The van der Waals surface area contributed by atoms with Crippen molar-refractivity contribution in [2.24, 2.45) is 0 Å². The summed E-state index contributed by atoms with van der Waals surface area (Å²) in [7, 11) is 0. The first kappa shape index (κ1) is 14.7. The van der Waals surface area contributed by atoms with Crippen molar-refractivity contribution in [3.63, 3.8) is 0 Å². The van der Waals surface area contributed by atoms with Gasteiger partial charge in [0.2, 0.25) is 5.91 Å². The van der Waals surface area contributed by atoms with Crippen LogP contribution in [0.1, 0.15) is 39.5 Å². The molecule has 1 saturated carbocycles. The molecule has 1 atom stereocenters. The van der Waals surface area contributed by atoms with Crippen LogP contribution in [0.4, 0.5) is 5.69 Å². The van der Waals surface area contributed by atoms with E-state index in [-0.39, 0.29) is 11.9 Å². The summed E-state index contributed by atoms with van der Waals surface area (Å²) in [5.41, 5.74) is 0.933. The number of rotatable bonds is 6. The Hall–Kier alpha value is -1.71. The Kier molecular flexibility index (Phi) is 5.27. The van der Waals surface area contributed by atoms with Gasteiger partial charge in [0.25, 0.3) is 0 Å². The lowest BCUT2D eigenvalue weighted by molar-refractivity contribution is -0.122. The van der Waals surface area contributed by atoms with E-state index in [1.165, 1.54) is 12.8 Å². The van der Waals surface area contributed by atoms with Crippen LogP contribution in [0.2, 0.25) is 0 Å². The predicted molar refractivity (Wildman–Crippen MR) is 81.1 cm³/mol. The van der Waals surface area contributed by atoms with Crippen molar-refractivity contribution in [2.45, 2.75) is 51.6 Å². The summed E-state index contributed by atoms with van der Waals surface area (Å²) in [4.78, 5) is 12.1. The molecule has 1 aromatic rings. The molecule has 0 aliphatic heterocycles. The number of hydrogen-bond acceptors (Lipinski definition) is 3. The number of benzene rings is 1. The van der Waals surface area contributed by atoms with Crippen molar-refractivity contribution in [3.05, 3.63) is 24.3 Å². The Balaban J connectivity index is 1.83. The minimum Gasteiger partial charge on any atom is -0.494 e. The van der Waals surface area contributed by atoms with Gasteiger partial charge < -0.3 is 15.4 Å². The normalized spacial score (nSPS) is 16.7. The van der Waals surface area contributed by atoms with E-state index < -0.39 is 0 Å². The van der Waals surface area contributed by atoms with Gasteiger partial charge in [0.15, 0.2) is 0 Å². The monoisotopic (exact) mass is 276 g/mol. The molecule has 110 valence electrons. The van der Waals surface area contributed by atoms with Gasteiger partial charge in [-0.2, -0.15) is 0 Å². The van der Waals surface area contributed by atoms with Crippen LogP contribution in [0.5, 0.6) is 5.75 Å². The SMILES string of the molecule is CCOc1ccc(N[C@H](C)C(=O)NC2CCCC2)cc1. The van der Waals surface area contributed by atoms with Crippen molar-refractivity contribution in [1.82, 2.24) is 5.32 Å². The van der Waals surface area contributed by atoms with Crippen LogP contribution in [0.25, 0.3) is 0 Å². The first-order valence-electron chi connectivity index (χ1n) is 7.49. The van der Waals surface area contributed by atoms with Gasteiger partial charge in [-0.3, -0.25) is 4.79 Å². The number of carbonyl (C=O) groups is 1. The molecule has 2 N–H and O–H groups in total. The zero-order valence-corrected chi connectivity index (χ0v) is 12.3. The highest BCUT2D eigenvalue weighted by molar-refractivity contribution is 5.84. The van der Waals surface area contributed by atoms with E-state index in [0.717, 1.165) is 24.3 Å². The minimum absolute atomic E-state index is 0.0748. The fourth-order valence-corrected chi connectivity index (χ4v) is 2.53. The second kappa shape index (κ2) is 7.17. The average Bonchev–Trinajstić information content (AvgIpc) is 2.94. The average molecular weight is 276 g/mol. The minimum atomic E-state index is -0.228. The predicted octanol–water partition coefficient (Wildman–Crippen LogP) is 2.94. The Labute approximate surface area is 120 Å². The van der Waals surface area contributed by atoms with Crippen LogP contribution in [-0.2, 0) is 4.79 Å². The molecule has 4 nitrogen and oxygen atoms in total. The van der Waals surface area contributed by atoms with Gasteiger partial charge in [0.1, 0.15) is 11.8 Å². The van der Waals surface area contributed by atoms with Crippen LogP contribution in [0.15, 0.2) is 24.3 Å². The highest BCUT2D eigenvalue weighted by Crippen LogP contribution is 2.19. The molecular formula is C16H24N2O2. The van der Waals surface area contributed by atoms with Crippen molar-refractivity contribution >= 4 is 11.6 Å². The molecule has 1 fully saturated rings. The molecule has 4 heteroatoms. The molecule has 0 unspecified atom stereocenters. The van der Waals surface area contributed by atoms with Gasteiger partial charge in [-0.15, -0.1) is 0 Å². The third-order valence-corrected chi connectivity index (χ3v) is 3.64. The Morgan fingerprint density at radius 1 is 1.30 bits per heavy atom. The summed E-state index contributed by atoms with van der Waals surface area (Å²) in [5.74, 6) is 0.923. The fourth-order valence-electron chi connectivity index (χ4n) is 2.53. The van der Waals surface area contributed by atoms with E-state index in [1.54, 1.807) is 0 Å². The quantitative estimate of drug-likeness (QED) is 0.840. The Bertz CT molecular complexity index is 425. The first-order valence-corrected chi connectivity index (χ1v) is 7.49. The molecule has 0 aromatic heterocycles. The van der Waals surface area contributed by atoms with Gasteiger partial charge in [-0.1, -0.05) is 12.8 Å². The lowest BCUT2D eigenvalue weighted by Crippen LogP contribution is -2.42. The molecule has 0 saturated heterocycles. The summed E-state index contributed by atoms with van der Waals surface area (Å²) < 4.78 is 5.39. The highest BCUT2D eigenvalue weighted by atomic mass is 16.5. The Morgan fingerprint density at radius 2 is 1.95 bits per heavy atom. The highest BCUT2D eigenvalue weighted by Gasteiger charge is 2.20. The van der Waals surface area contributed by atoms with Crippen LogP contribution >= 0.6 is 0 Å². The molecule has 20 heavy (non-hydrogen) atoms. The van der Waals surface area contributed by atoms with E-state index in [0.29, 0.717) is 12.6 Å². The molecule has 0 spiro atoms. The number of amides is 1. The van der Waals surface area contributed by atoms with Gasteiger partial charge in [0, 0.05) is 11.7 Å².